The van der Waals surface area contributed by atoms with Gasteiger partial charge < -0.3 is 15.1 Å². The van der Waals surface area contributed by atoms with Gasteiger partial charge in [-0.25, -0.2) is 13.2 Å². The number of rotatable bonds is 4. The standard InChI is InChI=1S/C18H12BrF3N2O3/c1-8-10-6-9(19)2-5-13(10)27-17(8)18(26)23-7-14(25)24-12-4-3-11(20)15(21)16(12)22/h2-6H,7H2,1H3,(H,23,26)(H,24,25). The molecular formula is C18H12BrF3N2O3. The largest absolute Gasteiger partial charge is 0.451 e. The fourth-order valence-corrected chi connectivity index (χ4v) is 2.83. The van der Waals surface area contributed by atoms with Crippen molar-refractivity contribution in [1.29, 1.82) is 0 Å². The number of carbonyl (C=O) groups excluding carboxylic acids is 2. The second kappa shape index (κ2) is 7.43. The number of halogens is 4. The van der Waals surface area contributed by atoms with Crippen molar-refractivity contribution in [2.75, 3.05) is 11.9 Å². The first-order valence-electron chi connectivity index (χ1n) is 7.68. The lowest BCUT2D eigenvalue weighted by Gasteiger charge is -2.08. The predicted octanol–water partition coefficient (Wildman–Crippen LogP) is 4.29. The van der Waals surface area contributed by atoms with Crippen LogP contribution in [0.25, 0.3) is 11.0 Å². The van der Waals surface area contributed by atoms with Crippen LogP contribution in [0.5, 0.6) is 0 Å². The molecule has 0 unspecified atom stereocenters. The summed E-state index contributed by atoms with van der Waals surface area (Å²) in [5.41, 5.74) is 0.572. The van der Waals surface area contributed by atoms with E-state index in [1.165, 1.54) is 0 Å². The second-order valence-electron chi connectivity index (χ2n) is 5.65. The third-order valence-electron chi connectivity index (χ3n) is 3.82. The Labute approximate surface area is 159 Å². The lowest BCUT2D eigenvalue weighted by Crippen LogP contribution is -2.33. The van der Waals surface area contributed by atoms with Gasteiger partial charge in [0.15, 0.2) is 23.2 Å². The van der Waals surface area contributed by atoms with Crippen molar-refractivity contribution in [3.05, 3.63) is 63.6 Å². The summed E-state index contributed by atoms with van der Waals surface area (Å²) in [5, 5.41) is 5.13. The van der Waals surface area contributed by atoms with E-state index in [4.69, 9.17) is 4.42 Å². The number of anilines is 1. The molecule has 27 heavy (non-hydrogen) atoms. The lowest BCUT2D eigenvalue weighted by atomic mass is 10.1. The van der Waals surface area contributed by atoms with Crippen LogP contribution in [0.1, 0.15) is 16.1 Å². The predicted molar refractivity (Wildman–Crippen MR) is 95.9 cm³/mol. The highest BCUT2D eigenvalue weighted by Gasteiger charge is 2.19. The molecule has 3 aromatic rings. The maximum absolute atomic E-state index is 13.6. The van der Waals surface area contributed by atoms with Crippen molar-refractivity contribution in [2.45, 2.75) is 6.92 Å². The van der Waals surface area contributed by atoms with E-state index >= 15 is 0 Å². The Balaban J connectivity index is 1.68. The van der Waals surface area contributed by atoms with Crippen molar-refractivity contribution in [3.63, 3.8) is 0 Å². The molecule has 0 bridgehead atoms. The summed E-state index contributed by atoms with van der Waals surface area (Å²) in [5.74, 6) is -6.00. The van der Waals surface area contributed by atoms with Crippen LogP contribution in [0.2, 0.25) is 0 Å². The minimum absolute atomic E-state index is 0.0370. The molecule has 3 rings (SSSR count). The number of benzene rings is 2. The third-order valence-corrected chi connectivity index (χ3v) is 4.32. The number of aryl methyl sites for hydroxylation is 1. The van der Waals surface area contributed by atoms with E-state index in [-0.39, 0.29) is 5.76 Å². The molecule has 0 fully saturated rings. The Hall–Kier alpha value is -2.81. The average Bonchev–Trinajstić information content (AvgIpc) is 2.96. The van der Waals surface area contributed by atoms with Gasteiger partial charge in [0, 0.05) is 15.4 Å². The first kappa shape index (κ1) is 19.0. The normalized spacial score (nSPS) is 10.9. The van der Waals surface area contributed by atoms with Crippen LogP contribution >= 0.6 is 15.9 Å². The number of hydrogen-bond donors (Lipinski definition) is 2. The Bertz CT molecular complexity index is 1070. The zero-order valence-electron chi connectivity index (χ0n) is 13.8. The maximum Gasteiger partial charge on any atom is 0.287 e. The van der Waals surface area contributed by atoms with Gasteiger partial charge in [0.05, 0.1) is 12.2 Å². The monoisotopic (exact) mass is 440 g/mol. The Kier molecular flexibility index (Phi) is 5.22. The fraction of sp³-hybridized carbons (Fsp3) is 0.111. The molecule has 0 aliphatic carbocycles. The number of nitrogens with one attached hydrogen (secondary N) is 2. The molecule has 1 aromatic heterocycles. The number of amides is 2. The van der Waals surface area contributed by atoms with Gasteiger partial charge in [0.1, 0.15) is 5.58 Å². The molecular weight excluding hydrogens is 429 g/mol. The number of furan rings is 1. The number of fused-ring (bicyclic) bond motifs is 1. The van der Waals surface area contributed by atoms with E-state index in [1.807, 2.05) is 0 Å². The highest BCUT2D eigenvalue weighted by atomic mass is 79.9. The molecule has 0 radical (unpaired) electrons. The van der Waals surface area contributed by atoms with E-state index in [2.05, 4.69) is 26.6 Å². The second-order valence-corrected chi connectivity index (χ2v) is 6.57. The van der Waals surface area contributed by atoms with Crippen molar-refractivity contribution in [3.8, 4) is 0 Å². The Morgan fingerprint density at radius 3 is 2.59 bits per heavy atom. The molecule has 0 atom stereocenters. The fourth-order valence-electron chi connectivity index (χ4n) is 2.47. The zero-order chi connectivity index (χ0) is 19.7. The molecule has 5 nitrogen and oxygen atoms in total. The molecule has 0 spiro atoms. The highest BCUT2D eigenvalue weighted by molar-refractivity contribution is 9.10. The molecule has 2 amide bonds. The topological polar surface area (TPSA) is 71.3 Å². The molecule has 2 aromatic carbocycles. The summed E-state index contributed by atoms with van der Waals surface area (Å²) in [6.45, 7) is 1.18. The van der Waals surface area contributed by atoms with Gasteiger partial charge in [-0.15, -0.1) is 0 Å². The van der Waals surface area contributed by atoms with Crippen molar-refractivity contribution in [1.82, 2.24) is 5.32 Å². The summed E-state index contributed by atoms with van der Waals surface area (Å²) in [4.78, 5) is 24.1. The maximum atomic E-state index is 13.6. The van der Waals surface area contributed by atoms with Gasteiger partial charge in [0.25, 0.3) is 5.91 Å². The molecule has 2 N–H and O–H groups in total. The minimum atomic E-state index is -1.69. The molecule has 0 aliphatic rings. The Morgan fingerprint density at radius 2 is 1.85 bits per heavy atom. The van der Waals surface area contributed by atoms with Gasteiger partial charge in [-0.3, -0.25) is 9.59 Å². The SMILES string of the molecule is Cc1c(C(=O)NCC(=O)Nc2ccc(F)c(F)c2F)oc2ccc(Br)cc12. The van der Waals surface area contributed by atoms with Crippen LogP contribution in [-0.4, -0.2) is 18.4 Å². The molecule has 9 heteroatoms. The number of carbonyl (C=O) groups is 2. The zero-order valence-corrected chi connectivity index (χ0v) is 15.4. The minimum Gasteiger partial charge on any atom is -0.451 e. The summed E-state index contributed by atoms with van der Waals surface area (Å²) in [6.07, 6.45) is 0. The van der Waals surface area contributed by atoms with Gasteiger partial charge in [-0.2, -0.15) is 0 Å². The van der Waals surface area contributed by atoms with Crippen LogP contribution in [0.3, 0.4) is 0 Å². The molecule has 140 valence electrons. The van der Waals surface area contributed by atoms with E-state index in [9.17, 15) is 22.8 Å². The lowest BCUT2D eigenvalue weighted by molar-refractivity contribution is -0.115. The van der Waals surface area contributed by atoms with Gasteiger partial charge in [0.2, 0.25) is 5.91 Å². The van der Waals surface area contributed by atoms with Crippen LogP contribution in [0.4, 0.5) is 18.9 Å². The van der Waals surface area contributed by atoms with Gasteiger partial charge >= 0.3 is 0 Å². The van der Waals surface area contributed by atoms with Gasteiger partial charge in [-0.1, -0.05) is 15.9 Å². The highest BCUT2D eigenvalue weighted by Crippen LogP contribution is 2.28. The van der Waals surface area contributed by atoms with Crippen LogP contribution in [0.15, 0.2) is 39.2 Å². The molecule has 1 heterocycles. The Morgan fingerprint density at radius 1 is 1.11 bits per heavy atom. The quantitative estimate of drug-likeness (QED) is 0.594. The summed E-state index contributed by atoms with van der Waals surface area (Å²) < 4.78 is 45.9. The van der Waals surface area contributed by atoms with Crippen LogP contribution < -0.4 is 10.6 Å². The van der Waals surface area contributed by atoms with E-state index < -0.39 is 41.5 Å². The summed E-state index contributed by atoms with van der Waals surface area (Å²) in [6, 6.07) is 6.82. The number of hydrogen-bond acceptors (Lipinski definition) is 3. The van der Waals surface area contributed by atoms with E-state index in [1.54, 1.807) is 25.1 Å². The average molecular weight is 441 g/mol. The van der Waals surface area contributed by atoms with Crippen LogP contribution in [0, 0.1) is 24.4 Å². The first-order valence-corrected chi connectivity index (χ1v) is 8.47. The van der Waals surface area contributed by atoms with Crippen molar-refractivity contribution < 1.29 is 27.2 Å². The first-order chi connectivity index (χ1) is 12.8. The van der Waals surface area contributed by atoms with Gasteiger partial charge in [-0.05, 0) is 37.3 Å². The third kappa shape index (κ3) is 3.82. The molecule has 0 saturated heterocycles. The van der Waals surface area contributed by atoms with Crippen molar-refractivity contribution >= 4 is 44.4 Å². The van der Waals surface area contributed by atoms with E-state index in [0.29, 0.717) is 17.2 Å². The summed E-state index contributed by atoms with van der Waals surface area (Å²) >= 11 is 3.33. The molecule has 0 saturated carbocycles. The summed E-state index contributed by atoms with van der Waals surface area (Å²) in [7, 11) is 0. The molecule has 0 aliphatic heterocycles. The van der Waals surface area contributed by atoms with E-state index in [0.717, 1.165) is 15.9 Å². The smallest absolute Gasteiger partial charge is 0.287 e. The van der Waals surface area contributed by atoms with Crippen LogP contribution in [-0.2, 0) is 4.79 Å². The van der Waals surface area contributed by atoms with Crippen molar-refractivity contribution in [2.24, 2.45) is 0 Å².